The molecule has 1 unspecified atom stereocenters. The molecule has 10 heteroatoms. The Morgan fingerprint density at radius 1 is 0.244 bits per heavy atom. The summed E-state index contributed by atoms with van der Waals surface area (Å²) in [5.74, 6) is -2.91. The molecule has 0 aliphatic rings. The Kier molecular flexibility index (Phi) is 98.5. The molecule has 0 aliphatic carbocycles. The Morgan fingerprint density at radius 2 is 0.378 bits per heavy atom. The minimum absolute atomic E-state index is 0. The minimum Gasteiger partial charge on any atom is 1.00 e. The average molecular weight is 1230 g/mol. The predicted molar refractivity (Wildman–Crippen MR) is 356 cm³/mol. The van der Waals surface area contributed by atoms with Crippen molar-refractivity contribution < 1.29 is 69.2 Å². The predicted octanol–water partition coefficient (Wildman–Crippen LogP) is 18.9. The van der Waals surface area contributed by atoms with Crippen molar-refractivity contribution in [2.75, 3.05) is 0 Å². The molecule has 1 atom stereocenters. The molecular formula is C72H138AsNaO8. The van der Waals surface area contributed by atoms with Crippen LogP contribution < -0.4 is 34.7 Å². The van der Waals surface area contributed by atoms with E-state index in [2.05, 4.69) is 76.3 Å². The molecule has 0 rings (SSSR count). The molecule has 0 aromatic carbocycles. The Balaban J connectivity index is -0.000000233. The molecule has 8 nitrogen and oxygen atoms in total. The van der Waals surface area contributed by atoms with Gasteiger partial charge in [-0.05, 0) is 135 Å². The van der Waals surface area contributed by atoms with Crippen molar-refractivity contribution in [3.63, 3.8) is 0 Å². The Hall–Kier alpha value is -1.60. The summed E-state index contributed by atoms with van der Waals surface area (Å²) >= 11 is 0. The summed E-state index contributed by atoms with van der Waals surface area (Å²) < 4.78 is 0. The second kappa shape index (κ2) is 88.2. The first kappa shape index (κ1) is 91.6. The number of hydrogen-bond donors (Lipinski definition) is 3. The van der Waals surface area contributed by atoms with Gasteiger partial charge in [0.05, 0.1) is 0 Å². The molecule has 480 valence electrons. The molecular weight excluding hydrogens is 1090 g/mol. The van der Waals surface area contributed by atoms with Gasteiger partial charge in [-0.25, -0.2) is 0 Å². The van der Waals surface area contributed by atoms with E-state index in [1.54, 1.807) is 0 Å². The van der Waals surface area contributed by atoms with Crippen LogP contribution in [0.4, 0.5) is 0 Å². The molecule has 0 bridgehead atoms. The molecule has 0 fully saturated rings. The molecule has 0 aromatic rings. The molecule has 0 saturated carbocycles. The number of rotatable bonds is 60. The summed E-state index contributed by atoms with van der Waals surface area (Å²) in [6.45, 7) is 9.03. The van der Waals surface area contributed by atoms with Gasteiger partial charge in [0.25, 0.3) is 0 Å². The van der Waals surface area contributed by atoms with Crippen LogP contribution in [0, 0.1) is 0 Å². The first-order valence-corrected chi connectivity index (χ1v) is 34.5. The van der Waals surface area contributed by atoms with Crippen molar-refractivity contribution in [1.29, 1.82) is 0 Å². The topological polar surface area (TPSA) is 152 Å². The summed E-state index contributed by atoms with van der Waals surface area (Å²) in [7, 11) is 0. The fraction of sp³-hybridized carbons (Fsp3) is 0.833. The maximum absolute atomic E-state index is 10.3. The van der Waals surface area contributed by atoms with E-state index in [1.165, 1.54) is 276 Å². The average Bonchev–Trinajstić information content (AvgIpc) is 3.43. The normalized spacial score (nSPS) is 11.0. The number of carbonyl (C=O) groups is 4. The third-order valence-electron chi connectivity index (χ3n) is 14.6. The van der Waals surface area contributed by atoms with Gasteiger partial charge in [0.15, 0.2) is 0 Å². The second-order valence-corrected chi connectivity index (χ2v) is 22.9. The van der Waals surface area contributed by atoms with Crippen LogP contribution in [0.15, 0.2) is 48.6 Å². The molecule has 0 aliphatic heterocycles. The van der Waals surface area contributed by atoms with Gasteiger partial charge in [0.1, 0.15) is 0 Å². The molecule has 0 amide bonds. The zero-order valence-corrected chi connectivity index (χ0v) is 60.3. The van der Waals surface area contributed by atoms with E-state index >= 15 is 0 Å². The number of hydrogen-bond acceptors (Lipinski definition) is 5. The van der Waals surface area contributed by atoms with E-state index in [1.807, 2.05) is 0 Å². The van der Waals surface area contributed by atoms with Gasteiger partial charge in [-0.1, -0.05) is 282 Å². The van der Waals surface area contributed by atoms with Crippen LogP contribution in [0.3, 0.4) is 0 Å². The fourth-order valence-electron chi connectivity index (χ4n) is 9.38. The standard InChI is InChI=1S/4C18H34O2.AsH3.Na/c4*1-2-3-4-5-6-7-8-9-10-11-12-13-14-15-16-17-18(19)20;;/h4*9-10H,2-8,11-17H2,1H3,(H,19,20);1H3;/q;;;;;+1/p-1/b4*10-9-;;. The molecule has 0 spiro atoms. The number of carbonyl (C=O) groups excluding carboxylic acids is 1. The van der Waals surface area contributed by atoms with Crippen molar-refractivity contribution >= 4 is 41.8 Å². The van der Waals surface area contributed by atoms with Crippen molar-refractivity contribution in [1.82, 2.24) is 0 Å². The van der Waals surface area contributed by atoms with Crippen LogP contribution >= 0.6 is 0 Å². The molecule has 3 N–H and O–H groups in total. The number of carboxylic acids is 4. The zero-order chi connectivity index (χ0) is 59.6. The molecule has 0 radical (unpaired) electrons. The van der Waals surface area contributed by atoms with E-state index in [9.17, 15) is 24.3 Å². The molecule has 0 heterocycles. The number of carboxylic acid groups (broad SMARTS) is 4. The van der Waals surface area contributed by atoms with Crippen LogP contribution in [0.25, 0.3) is 0 Å². The van der Waals surface area contributed by atoms with Crippen LogP contribution in [0.1, 0.15) is 387 Å². The third kappa shape index (κ3) is 107. The van der Waals surface area contributed by atoms with Gasteiger partial charge in [-0.3, -0.25) is 14.4 Å². The first-order chi connectivity index (χ1) is 39.1. The third-order valence-corrected chi connectivity index (χ3v) is 14.6. The van der Waals surface area contributed by atoms with Crippen molar-refractivity contribution in [3.05, 3.63) is 48.6 Å². The van der Waals surface area contributed by atoms with E-state index in [-0.39, 0.29) is 53.9 Å². The first-order valence-electron chi connectivity index (χ1n) is 34.5. The molecule has 82 heavy (non-hydrogen) atoms. The monoisotopic (exact) mass is 1230 g/mol. The van der Waals surface area contributed by atoms with Gasteiger partial charge in [-0.2, -0.15) is 0 Å². The van der Waals surface area contributed by atoms with Crippen LogP contribution in [0.5, 0.6) is 0 Å². The SMILES string of the molecule is CCCCCCCC/C=C\CCCCCCCC(=O)O.CCCCCCCC/C=C\CCCCCCCC(=O)O.CCCCCCCC/C=C\CCCCCCCC(=O)O.CCCCCCCC/C=C\CCCCCCCC(=O)[O-].[AsH3].[Na+]. The number of aliphatic carboxylic acids is 4. The van der Waals surface area contributed by atoms with Crippen LogP contribution in [-0.4, -0.2) is 57.2 Å². The Bertz CT molecular complexity index is 1150. The summed E-state index contributed by atoms with van der Waals surface area (Å²) in [6.07, 6.45) is 84.6. The summed E-state index contributed by atoms with van der Waals surface area (Å²) in [4.78, 5) is 41.2. The molecule has 0 saturated heterocycles. The number of unbranched alkanes of at least 4 members (excludes halogenated alkanes) is 44. The zero-order valence-electron chi connectivity index (χ0n) is 55.3. The smallest absolute Gasteiger partial charge is 1.00 e. The maximum atomic E-state index is 10.3. The van der Waals surface area contributed by atoms with Gasteiger partial charge in [0, 0.05) is 25.2 Å². The molecule has 0 aromatic heterocycles. The van der Waals surface area contributed by atoms with Crippen molar-refractivity contribution in [2.24, 2.45) is 0 Å². The van der Waals surface area contributed by atoms with Gasteiger partial charge < -0.3 is 25.2 Å². The summed E-state index contributed by atoms with van der Waals surface area (Å²) in [5.41, 5.74) is 0. The van der Waals surface area contributed by atoms with E-state index in [4.69, 9.17) is 15.3 Å². The maximum Gasteiger partial charge on any atom is 1.00 e. The Morgan fingerprint density at radius 3 is 0.524 bits per heavy atom. The quantitative estimate of drug-likeness (QED) is 0.0309. The fourth-order valence-corrected chi connectivity index (χ4v) is 9.38. The number of allylic oxidation sites excluding steroid dienone is 8. The van der Waals surface area contributed by atoms with E-state index in [0.29, 0.717) is 19.3 Å². The summed E-state index contributed by atoms with van der Waals surface area (Å²) in [5, 5.41) is 35.7. The van der Waals surface area contributed by atoms with Crippen molar-refractivity contribution in [3.8, 4) is 0 Å². The van der Waals surface area contributed by atoms with Gasteiger partial charge >= 0.3 is 65.4 Å². The van der Waals surface area contributed by atoms with E-state index < -0.39 is 23.9 Å². The minimum atomic E-state index is -0.914. The summed E-state index contributed by atoms with van der Waals surface area (Å²) in [6, 6.07) is 0. The van der Waals surface area contributed by atoms with E-state index in [0.717, 1.165) is 57.8 Å². The second-order valence-electron chi connectivity index (χ2n) is 22.9. The van der Waals surface area contributed by atoms with Crippen molar-refractivity contribution in [2.45, 2.75) is 387 Å². The largest absolute Gasteiger partial charge is 1.00 e. The van der Waals surface area contributed by atoms with Gasteiger partial charge in [-0.15, -0.1) is 0 Å². The van der Waals surface area contributed by atoms with Crippen LogP contribution in [0.2, 0.25) is 0 Å². The van der Waals surface area contributed by atoms with Gasteiger partial charge in [0.2, 0.25) is 0 Å². The Labute approximate surface area is 543 Å². The van der Waals surface area contributed by atoms with Crippen LogP contribution in [-0.2, 0) is 19.2 Å².